The summed E-state index contributed by atoms with van der Waals surface area (Å²) in [5, 5.41) is 17.8. The maximum Gasteiger partial charge on any atom is 0.330 e. The number of hydrogen-bond donors (Lipinski definition) is 2. The fraction of sp³-hybridized carbons (Fsp3) is 0.714. The van der Waals surface area contributed by atoms with Crippen molar-refractivity contribution in [2.75, 3.05) is 6.61 Å². The van der Waals surface area contributed by atoms with Crippen LogP contribution in [-0.2, 0) is 19.1 Å². The number of esters is 2. The van der Waals surface area contributed by atoms with Gasteiger partial charge in [-0.1, -0.05) is 46.3 Å². The van der Waals surface area contributed by atoms with Crippen molar-refractivity contribution in [1.82, 2.24) is 0 Å². The van der Waals surface area contributed by atoms with Crippen LogP contribution >= 0.6 is 0 Å². The summed E-state index contributed by atoms with van der Waals surface area (Å²) in [5.41, 5.74) is -0.728. The standard InChI is InChI=1S/C11H20O2.C6H14O2.C4H6O2/c1-4-7-8-10(5-2)9-13-11(12)6-3;1-5(7)4-6(2,3)8;1-3-6-4(2)5/h6,10H,3-5,7-9H2,1-2H3;5,7-8H,4H2,1-3H3;3H,1H2,2H3. The van der Waals surface area contributed by atoms with Gasteiger partial charge in [0.25, 0.3) is 0 Å². The number of hydrogen-bond acceptors (Lipinski definition) is 6. The van der Waals surface area contributed by atoms with Gasteiger partial charge in [-0.05, 0) is 33.1 Å². The lowest BCUT2D eigenvalue weighted by atomic mass is 10.0. The van der Waals surface area contributed by atoms with Crippen LogP contribution in [0.3, 0.4) is 0 Å². The van der Waals surface area contributed by atoms with Gasteiger partial charge in [-0.25, -0.2) is 4.79 Å². The van der Waals surface area contributed by atoms with Crippen molar-refractivity contribution in [2.45, 2.75) is 85.4 Å². The van der Waals surface area contributed by atoms with E-state index in [-0.39, 0.29) is 11.9 Å². The van der Waals surface area contributed by atoms with Crippen LogP contribution in [0.25, 0.3) is 0 Å². The topological polar surface area (TPSA) is 93.1 Å². The Morgan fingerprint density at radius 2 is 1.78 bits per heavy atom. The van der Waals surface area contributed by atoms with E-state index in [1.54, 1.807) is 20.8 Å². The number of unbranched alkanes of at least 4 members (excludes halogenated alkanes) is 1. The first-order valence-electron chi connectivity index (χ1n) is 9.41. The summed E-state index contributed by atoms with van der Waals surface area (Å²) >= 11 is 0. The van der Waals surface area contributed by atoms with E-state index in [1.165, 1.54) is 25.8 Å². The quantitative estimate of drug-likeness (QED) is 0.332. The molecule has 0 saturated carbocycles. The molecule has 27 heavy (non-hydrogen) atoms. The van der Waals surface area contributed by atoms with Gasteiger partial charge >= 0.3 is 11.9 Å². The molecule has 0 aliphatic heterocycles. The van der Waals surface area contributed by atoms with Gasteiger partial charge in [0, 0.05) is 19.4 Å². The van der Waals surface area contributed by atoms with Crippen molar-refractivity contribution < 1.29 is 29.3 Å². The van der Waals surface area contributed by atoms with E-state index in [0.717, 1.165) is 19.1 Å². The van der Waals surface area contributed by atoms with E-state index in [2.05, 4.69) is 31.7 Å². The van der Waals surface area contributed by atoms with Gasteiger partial charge < -0.3 is 19.7 Å². The Labute approximate surface area is 165 Å². The van der Waals surface area contributed by atoms with Gasteiger partial charge in [0.05, 0.1) is 24.6 Å². The third kappa shape index (κ3) is 32.5. The smallest absolute Gasteiger partial charge is 0.330 e. The van der Waals surface area contributed by atoms with E-state index < -0.39 is 11.7 Å². The predicted molar refractivity (Wildman–Crippen MR) is 109 cm³/mol. The molecule has 0 aromatic heterocycles. The van der Waals surface area contributed by atoms with Gasteiger partial charge in [0.2, 0.25) is 0 Å². The van der Waals surface area contributed by atoms with Gasteiger partial charge in [-0.2, -0.15) is 0 Å². The summed E-state index contributed by atoms with van der Waals surface area (Å²) in [5.74, 6) is -0.121. The molecule has 0 rings (SSSR count). The molecule has 6 heteroatoms. The van der Waals surface area contributed by atoms with Crippen LogP contribution in [0.1, 0.15) is 73.6 Å². The lowest BCUT2D eigenvalue weighted by Gasteiger charge is -2.17. The molecule has 0 bridgehead atoms. The highest BCUT2D eigenvalue weighted by Gasteiger charge is 2.14. The van der Waals surface area contributed by atoms with E-state index in [4.69, 9.17) is 14.9 Å². The Morgan fingerprint density at radius 3 is 2.00 bits per heavy atom. The Hall–Kier alpha value is -1.66. The SMILES string of the molecule is C=CC(=O)OCC(CC)CCCC.C=COC(C)=O.CC(O)CC(C)(C)O. The monoisotopic (exact) mass is 388 g/mol. The number of aliphatic hydroxyl groups excluding tert-OH is 1. The lowest BCUT2D eigenvalue weighted by molar-refractivity contribution is -0.139. The fourth-order valence-corrected chi connectivity index (χ4v) is 2.00. The minimum absolute atomic E-state index is 0.310. The van der Waals surface area contributed by atoms with Crippen molar-refractivity contribution in [2.24, 2.45) is 5.92 Å². The number of carbonyl (C=O) groups excluding carboxylic acids is 2. The third-order valence-corrected chi connectivity index (χ3v) is 3.22. The summed E-state index contributed by atoms with van der Waals surface area (Å²) < 4.78 is 9.15. The lowest BCUT2D eigenvalue weighted by Crippen LogP contribution is -2.24. The van der Waals surface area contributed by atoms with E-state index in [9.17, 15) is 9.59 Å². The van der Waals surface area contributed by atoms with Crippen molar-refractivity contribution >= 4 is 11.9 Å². The molecule has 0 aliphatic rings. The summed E-state index contributed by atoms with van der Waals surface area (Å²) in [6, 6.07) is 0. The Kier molecular flexibility index (Phi) is 21.3. The number of ether oxygens (including phenoxy) is 2. The van der Waals surface area contributed by atoms with E-state index in [1.807, 2.05) is 0 Å². The maximum absolute atomic E-state index is 10.8. The zero-order valence-corrected chi connectivity index (χ0v) is 18.0. The molecule has 2 N–H and O–H groups in total. The van der Waals surface area contributed by atoms with Crippen LogP contribution in [0.15, 0.2) is 25.5 Å². The molecular formula is C21H40O6. The average Bonchev–Trinajstić information content (AvgIpc) is 2.53. The molecule has 6 nitrogen and oxygen atoms in total. The highest BCUT2D eigenvalue weighted by atomic mass is 16.5. The van der Waals surface area contributed by atoms with Gasteiger partial charge in [-0.3, -0.25) is 4.79 Å². The highest BCUT2D eigenvalue weighted by molar-refractivity contribution is 5.81. The molecular weight excluding hydrogens is 348 g/mol. The van der Waals surface area contributed by atoms with E-state index >= 15 is 0 Å². The van der Waals surface area contributed by atoms with Crippen LogP contribution < -0.4 is 0 Å². The summed E-state index contributed by atoms with van der Waals surface area (Å²) in [6.45, 7) is 17.7. The molecule has 0 radical (unpaired) electrons. The van der Waals surface area contributed by atoms with E-state index in [0.29, 0.717) is 18.9 Å². The predicted octanol–water partition coefficient (Wildman–Crippen LogP) is 4.15. The first-order chi connectivity index (χ1) is 12.4. The molecule has 2 unspecified atom stereocenters. The third-order valence-electron chi connectivity index (χ3n) is 3.22. The molecule has 160 valence electrons. The van der Waals surface area contributed by atoms with Gasteiger partial charge in [0.1, 0.15) is 0 Å². The zero-order valence-electron chi connectivity index (χ0n) is 18.0. The molecule has 0 aliphatic carbocycles. The second kappa shape index (κ2) is 19.1. The van der Waals surface area contributed by atoms with Crippen molar-refractivity contribution in [1.29, 1.82) is 0 Å². The Bertz CT molecular complexity index is 396. The minimum atomic E-state index is -0.728. The first kappa shape index (κ1) is 30.1. The summed E-state index contributed by atoms with van der Waals surface area (Å²) in [6.07, 6.45) is 6.98. The second-order valence-electron chi connectivity index (χ2n) is 6.89. The van der Waals surface area contributed by atoms with Crippen molar-refractivity contribution in [3.63, 3.8) is 0 Å². The maximum atomic E-state index is 10.8. The second-order valence-corrected chi connectivity index (χ2v) is 6.89. The molecule has 0 aromatic carbocycles. The normalized spacial score (nSPS) is 12.1. The zero-order chi connectivity index (χ0) is 21.9. The largest absolute Gasteiger partial charge is 0.462 e. The molecule has 0 saturated heterocycles. The molecule has 0 spiro atoms. The van der Waals surface area contributed by atoms with Crippen LogP contribution in [0.4, 0.5) is 0 Å². The van der Waals surface area contributed by atoms with Crippen LogP contribution in [0.5, 0.6) is 0 Å². The minimum Gasteiger partial charge on any atom is -0.462 e. The van der Waals surface area contributed by atoms with Crippen LogP contribution in [0, 0.1) is 5.92 Å². The van der Waals surface area contributed by atoms with Crippen molar-refractivity contribution in [3.05, 3.63) is 25.5 Å². The average molecular weight is 389 g/mol. The van der Waals surface area contributed by atoms with Crippen molar-refractivity contribution in [3.8, 4) is 0 Å². The molecule has 0 amide bonds. The number of aliphatic hydroxyl groups is 2. The number of rotatable bonds is 10. The molecule has 0 aromatic rings. The van der Waals surface area contributed by atoms with Crippen LogP contribution in [-0.4, -0.2) is 40.5 Å². The van der Waals surface area contributed by atoms with Crippen LogP contribution in [0.2, 0.25) is 0 Å². The fourth-order valence-electron chi connectivity index (χ4n) is 2.00. The van der Waals surface area contributed by atoms with Gasteiger partial charge in [0.15, 0.2) is 0 Å². The summed E-state index contributed by atoms with van der Waals surface area (Å²) in [7, 11) is 0. The number of carbonyl (C=O) groups is 2. The first-order valence-corrected chi connectivity index (χ1v) is 9.41. The Morgan fingerprint density at radius 1 is 1.22 bits per heavy atom. The highest BCUT2D eigenvalue weighted by Crippen LogP contribution is 2.12. The summed E-state index contributed by atoms with van der Waals surface area (Å²) in [4.78, 5) is 20.5. The Balaban J connectivity index is -0.000000351. The molecule has 2 atom stereocenters. The van der Waals surface area contributed by atoms with Gasteiger partial charge in [-0.15, -0.1) is 0 Å². The molecule has 0 heterocycles. The molecule has 0 fully saturated rings.